The normalized spacial score (nSPS) is 11.6. The highest BCUT2D eigenvalue weighted by Gasteiger charge is 2.10. The van der Waals surface area contributed by atoms with Crippen LogP contribution in [-0.2, 0) is 4.79 Å². The molecule has 1 unspecified atom stereocenters. The number of nitrogens with one attached hydrogen (secondary N) is 1. The minimum atomic E-state index is -0.148. The fourth-order valence-electron chi connectivity index (χ4n) is 1.78. The molecule has 0 saturated heterocycles. The standard InChI is InChI=1S/C16H21NO2/c1-12(2)10-16(19)17-13(3)15-8-4-6-14(11-15)7-5-9-18/h4,6,8,11-13,18H,9-10H2,1-3H3,(H,17,19). The number of aliphatic hydroxyl groups excluding tert-OH is 1. The summed E-state index contributed by atoms with van der Waals surface area (Å²) in [6.07, 6.45) is 0.536. The van der Waals surface area contributed by atoms with E-state index < -0.39 is 0 Å². The third-order valence-corrected chi connectivity index (χ3v) is 2.67. The zero-order chi connectivity index (χ0) is 14.3. The lowest BCUT2D eigenvalue weighted by atomic mass is 10.0. The number of aliphatic hydroxyl groups is 1. The highest BCUT2D eigenvalue weighted by Crippen LogP contribution is 2.14. The molecular weight excluding hydrogens is 238 g/mol. The zero-order valence-corrected chi connectivity index (χ0v) is 11.7. The first kappa shape index (κ1) is 15.3. The van der Waals surface area contributed by atoms with E-state index in [4.69, 9.17) is 5.11 Å². The monoisotopic (exact) mass is 259 g/mol. The number of carbonyl (C=O) groups is 1. The van der Waals surface area contributed by atoms with Gasteiger partial charge in [-0.1, -0.05) is 37.8 Å². The van der Waals surface area contributed by atoms with E-state index in [9.17, 15) is 4.79 Å². The maximum absolute atomic E-state index is 11.7. The van der Waals surface area contributed by atoms with Crippen molar-refractivity contribution < 1.29 is 9.90 Å². The van der Waals surface area contributed by atoms with Crippen molar-refractivity contribution in [2.75, 3.05) is 6.61 Å². The van der Waals surface area contributed by atoms with E-state index in [1.807, 2.05) is 45.0 Å². The number of hydrogen-bond donors (Lipinski definition) is 2. The fraction of sp³-hybridized carbons (Fsp3) is 0.438. The third-order valence-electron chi connectivity index (χ3n) is 2.67. The summed E-state index contributed by atoms with van der Waals surface area (Å²) < 4.78 is 0. The van der Waals surface area contributed by atoms with E-state index in [2.05, 4.69) is 17.2 Å². The van der Waals surface area contributed by atoms with Crippen LogP contribution in [0.5, 0.6) is 0 Å². The van der Waals surface area contributed by atoms with Crippen molar-refractivity contribution in [2.24, 2.45) is 5.92 Å². The summed E-state index contributed by atoms with van der Waals surface area (Å²) in [5.41, 5.74) is 1.86. The quantitative estimate of drug-likeness (QED) is 0.815. The van der Waals surface area contributed by atoms with Crippen molar-refractivity contribution >= 4 is 5.91 Å². The Morgan fingerprint density at radius 3 is 2.74 bits per heavy atom. The van der Waals surface area contributed by atoms with Crippen LogP contribution in [-0.4, -0.2) is 17.6 Å². The number of rotatable bonds is 4. The van der Waals surface area contributed by atoms with Crippen LogP contribution >= 0.6 is 0 Å². The molecule has 19 heavy (non-hydrogen) atoms. The molecule has 102 valence electrons. The lowest BCUT2D eigenvalue weighted by Gasteiger charge is -2.15. The molecule has 0 spiro atoms. The summed E-state index contributed by atoms with van der Waals surface area (Å²) in [7, 11) is 0. The minimum Gasteiger partial charge on any atom is -0.384 e. The third kappa shape index (κ3) is 5.58. The molecule has 0 fully saturated rings. The molecule has 0 aromatic heterocycles. The Bertz CT molecular complexity index is 483. The van der Waals surface area contributed by atoms with Crippen LogP contribution in [0.4, 0.5) is 0 Å². The van der Waals surface area contributed by atoms with Crippen LogP contribution in [0.25, 0.3) is 0 Å². The van der Waals surface area contributed by atoms with E-state index in [-0.39, 0.29) is 18.6 Å². The average Bonchev–Trinajstić information content (AvgIpc) is 2.35. The molecule has 0 aliphatic carbocycles. The lowest BCUT2D eigenvalue weighted by molar-refractivity contribution is -0.122. The molecule has 0 bridgehead atoms. The smallest absolute Gasteiger partial charge is 0.220 e. The van der Waals surface area contributed by atoms with Gasteiger partial charge in [-0.3, -0.25) is 4.79 Å². The second-order valence-electron chi connectivity index (χ2n) is 4.97. The van der Waals surface area contributed by atoms with Gasteiger partial charge in [0.05, 0.1) is 6.04 Å². The van der Waals surface area contributed by atoms with Crippen molar-refractivity contribution in [1.82, 2.24) is 5.32 Å². The Hall–Kier alpha value is -1.79. The summed E-state index contributed by atoms with van der Waals surface area (Å²) >= 11 is 0. The summed E-state index contributed by atoms with van der Waals surface area (Å²) in [4.78, 5) is 11.7. The number of hydrogen-bond acceptors (Lipinski definition) is 2. The van der Waals surface area contributed by atoms with Crippen molar-refractivity contribution in [1.29, 1.82) is 0 Å². The van der Waals surface area contributed by atoms with Gasteiger partial charge in [-0.25, -0.2) is 0 Å². The molecule has 3 heteroatoms. The van der Waals surface area contributed by atoms with Gasteiger partial charge >= 0.3 is 0 Å². The molecule has 0 aliphatic heterocycles. The Kier molecular flexibility index (Phi) is 6.11. The van der Waals surface area contributed by atoms with E-state index in [1.54, 1.807) is 0 Å². The maximum Gasteiger partial charge on any atom is 0.220 e. The Labute approximate surface area is 115 Å². The molecule has 1 aromatic carbocycles. The van der Waals surface area contributed by atoms with Crippen molar-refractivity contribution in [3.8, 4) is 11.8 Å². The molecule has 1 atom stereocenters. The summed E-state index contributed by atoms with van der Waals surface area (Å²) in [6.45, 7) is 5.85. The van der Waals surface area contributed by atoms with E-state index in [1.165, 1.54) is 0 Å². The molecule has 1 aromatic rings. The van der Waals surface area contributed by atoms with Crippen LogP contribution in [0.3, 0.4) is 0 Å². The van der Waals surface area contributed by atoms with Crippen molar-refractivity contribution in [3.05, 3.63) is 35.4 Å². The first-order chi connectivity index (χ1) is 9.02. The number of amides is 1. The molecule has 2 N–H and O–H groups in total. The van der Waals surface area contributed by atoms with Gasteiger partial charge in [-0.05, 0) is 30.5 Å². The number of carbonyl (C=O) groups excluding carboxylic acids is 1. The van der Waals surface area contributed by atoms with Gasteiger partial charge in [-0.15, -0.1) is 0 Å². The van der Waals surface area contributed by atoms with Gasteiger partial charge in [0, 0.05) is 12.0 Å². The van der Waals surface area contributed by atoms with Crippen LogP contribution < -0.4 is 5.32 Å². The zero-order valence-electron chi connectivity index (χ0n) is 11.7. The summed E-state index contributed by atoms with van der Waals surface area (Å²) in [5.74, 6) is 5.90. The Morgan fingerprint density at radius 1 is 1.37 bits per heavy atom. The van der Waals surface area contributed by atoms with Crippen LogP contribution in [0.1, 0.15) is 44.4 Å². The van der Waals surface area contributed by atoms with Gasteiger partial charge in [0.1, 0.15) is 6.61 Å². The van der Waals surface area contributed by atoms with E-state index in [0.717, 1.165) is 11.1 Å². The minimum absolute atomic E-state index is 0.0397. The molecule has 1 rings (SSSR count). The maximum atomic E-state index is 11.7. The Balaban J connectivity index is 2.71. The largest absolute Gasteiger partial charge is 0.384 e. The van der Waals surface area contributed by atoms with Gasteiger partial charge in [0.15, 0.2) is 0 Å². The van der Waals surface area contributed by atoms with Gasteiger partial charge in [-0.2, -0.15) is 0 Å². The van der Waals surface area contributed by atoms with Crippen LogP contribution in [0.2, 0.25) is 0 Å². The molecular formula is C16H21NO2. The average molecular weight is 259 g/mol. The highest BCUT2D eigenvalue weighted by molar-refractivity contribution is 5.76. The Morgan fingerprint density at radius 2 is 2.11 bits per heavy atom. The highest BCUT2D eigenvalue weighted by atomic mass is 16.2. The predicted octanol–water partition coefficient (Wildman–Crippen LogP) is 2.25. The molecule has 0 radical (unpaired) electrons. The SMILES string of the molecule is CC(C)CC(=O)NC(C)c1cccc(C#CCO)c1. The molecule has 0 heterocycles. The van der Waals surface area contributed by atoms with E-state index >= 15 is 0 Å². The van der Waals surface area contributed by atoms with Crippen LogP contribution in [0, 0.1) is 17.8 Å². The first-order valence-electron chi connectivity index (χ1n) is 6.52. The topological polar surface area (TPSA) is 49.3 Å². The lowest BCUT2D eigenvalue weighted by Crippen LogP contribution is -2.27. The second-order valence-corrected chi connectivity index (χ2v) is 4.97. The predicted molar refractivity (Wildman–Crippen MR) is 76.4 cm³/mol. The summed E-state index contributed by atoms with van der Waals surface area (Å²) in [6, 6.07) is 7.64. The van der Waals surface area contributed by atoms with Crippen LogP contribution in [0.15, 0.2) is 24.3 Å². The summed E-state index contributed by atoms with van der Waals surface area (Å²) in [5, 5.41) is 11.7. The number of benzene rings is 1. The fourth-order valence-corrected chi connectivity index (χ4v) is 1.78. The molecule has 0 aliphatic rings. The van der Waals surface area contributed by atoms with Crippen molar-refractivity contribution in [2.45, 2.75) is 33.2 Å². The van der Waals surface area contributed by atoms with Gasteiger partial charge < -0.3 is 10.4 Å². The van der Waals surface area contributed by atoms with Gasteiger partial charge in [0.2, 0.25) is 5.91 Å². The van der Waals surface area contributed by atoms with Crippen molar-refractivity contribution in [3.63, 3.8) is 0 Å². The van der Waals surface area contributed by atoms with Gasteiger partial charge in [0.25, 0.3) is 0 Å². The first-order valence-corrected chi connectivity index (χ1v) is 6.52. The molecule has 3 nitrogen and oxygen atoms in total. The second kappa shape index (κ2) is 7.60. The molecule has 1 amide bonds. The molecule has 0 saturated carbocycles. The van der Waals surface area contributed by atoms with E-state index in [0.29, 0.717) is 12.3 Å².